The summed E-state index contributed by atoms with van der Waals surface area (Å²) in [6.07, 6.45) is 0. The molecule has 2 aromatic heterocycles. The normalized spacial score (nSPS) is 12.3. The number of rotatable bonds is 15. The van der Waals surface area contributed by atoms with E-state index in [1.165, 1.54) is 48.5 Å². The lowest BCUT2D eigenvalue weighted by Gasteiger charge is -2.16. The van der Waals surface area contributed by atoms with Crippen molar-refractivity contribution in [3.8, 4) is 17.3 Å². The van der Waals surface area contributed by atoms with Crippen molar-refractivity contribution in [2.75, 3.05) is 10.6 Å². The molecule has 0 aliphatic rings. The van der Waals surface area contributed by atoms with E-state index in [4.69, 9.17) is 10.2 Å². The van der Waals surface area contributed by atoms with E-state index in [1.807, 2.05) is 42.5 Å². The summed E-state index contributed by atoms with van der Waals surface area (Å²) in [7, 11) is -13.7. The van der Waals surface area contributed by atoms with Crippen molar-refractivity contribution < 1.29 is 53.5 Å². The number of hydrogen-bond donors (Lipinski definition) is 6. The van der Waals surface area contributed by atoms with E-state index >= 15 is 0 Å². The number of anilines is 4. The smallest absolute Gasteiger partial charge is 0.295 e. The summed E-state index contributed by atoms with van der Waals surface area (Å²) in [6, 6.07) is 32.3. The fourth-order valence-electron chi connectivity index (χ4n) is 6.67. The van der Waals surface area contributed by atoms with Gasteiger partial charge in [-0.1, -0.05) is 64.9 Å². The van der Waals surface area contributed by atoms with Crippen LogP contribution in [0.2, 0.25) is 0 Å². The largest absolute Gasteiger partial charge is 0.339 e. The number of azo groups is 2. The zero-order chi connectivity index (χ0) is 48.4. The van der Waals surface area contributed by atoms with Gasteiger partial charge in [0.2, 0.25) is 5.13 Å². The Bertz CT molecular complexity index is 3740. The van der Waals surface area contributed by atoms with Crippen LogP contribution in [0.4, 0.5) is 44.5 Å². The predicted molar refractivity (Wildman–Crippen MR) is 251 cm³/mol. The zero-order valence-electron chi connectivity index (χ0n) is 34.3. The fraction of sp³-hybridized carbons (Fsp3) is 0.0238. The molecular formula is C42H29N9O12S5. The lowest BCUT2D eigenvalue weighted by atomic mass is 10.1. The van der Waals surface area contributed by atoms with Gasteiger partial charge in [0.15, 0.2) is 16.6 Å². The zero-order valence-corrected chi connectivity index (χ0v) is 38.4. The van der Waals surface area contributed by atoms with Crippen LogP contribution in [0.1, 0.15) is 11.1 Å². The van der Waals surface area contributed by atoms with Gasteiger partial charge in [-0.15, -0.1) is 24.8 Å². The molecule has 6 aromatic carbocycles. The summed E-state index contributed by atoms with van der Waals surface area (Å²) in [5.74, 6) is -0.0106. The summed E-state index contributed by atoms with van der Waals surface area (Å²) in [6.45, 7) is 1.57. The Morgan fingerprint density at radius 3 is 1.94 bits per heavy atom. The van der Waals surface area contributed by atoms with Gasteiger partial charge in [0, 0.05) is 32.8 Å². The quantitative estimate of drug-likeness (QED) is 0.0183. The molecule has 21 nitrogen and oxygen atoms in total. The van der Waals surface area contributed by atoms with Gasteiger partial charge in [-0.25, -0.2) is 15.2 Å². The SMILES string of the molecule is Cc1c(C#N)c(Nc2ccc(S(=O)(=O)O)cc2)nc(Nc2ccc(S(=O)(=O)O)cc2)c1/N=N/c1nc(-c2ccc3ccccc3c2)c(/N=N/c2cc(SOOO)c3cccc(S(=O)(=O)O)c3c2)s1. The number of nitrogens with zero attached hydrogens (tertiary/aromatic N) is 7. The van der Waals surface area contributed by atoms with Crippen LogP contribution < -0.4 is 10.6 Å². The van der Waals surface area contributed by atoms with Gasteiger partial charge >= 0.3 is 0 Å². The molecule has 0 unspecified atom stereocenters. The Kier molecular flexibility index (Phi) is 13.4. The van der Waals surface area contributed by atoms with E-state index in [0.717, 1.165) is 46.4 Å². The van der Waals surface area contributed by atoms with Gasteiger partial charge < -0.3 is 10.6 Å². The molecule has 8 aromatic rings. The average molecular weight is 1010 g/mol. The summed E-state index contributed by atoms with van der Waals surface area (Å²) in [5, 5.41) is 49.3. The summed E-state index contributed by atoms with van der Waals surface area (Å²) in [4.78, 5) is 8.42. The third-order valence-electron chi connectivity index (χ3n) is 9.80. The molecule has 0 radical (unpaired) electrons. The molecule has 68 heavy (non-hydrogen) atoms. The molecular weight excluding hydrogens is 983 g/mol. The van der Waals surface area contributed by atoms with Crippen molar-refractivity contribution >= 4 is 120 Å². The van der Waals surface area contributed by atoms with E-state index in [0.29, 0.717) is 28.7 Å². The first kappa shape index (κ1) is 47.4. The van der Waals surface area contributed by atoms with E-state index in [2.05, 4.69) is 51.5 Å². The highest BCUT2D eigenvalue weighted by Crippen LogP contribution is 2.44. The van der Waals surface area contributed by atoms with Crippen LogP contribution in [0.5, 0.6) is 0 Å². The maximum atomic E-state index is 12.4. The minimum atomic E-state index is -4.72. The Balaban J connectivity index is 1.24. The van der Waals surface area contributed by atoms with Gasteiger partial charge in [-0.05, 0) is 95.9 Å². The monoisotopic (exact) mass is 1010 g/mol. The Morgan fingerprint density at radius 1 is 0.676 bits per heavy atom. The predicted octanol–water partition coefficient (Wildman–Crippen LogP) is 11.2. The first-order valence-electron chi connectivity index (χ1n) is 19.1. The lowest BCUT2D eigenvalue weighted by molar-refractivity contribution is -0.432. The molecule has 344 valence electrons. The van der Waals surface area contributed by atoms with Crippen molar-refractivity contribution in [1.29, 1.82) is 5.26 Å². The van der Waals surface area contributed by atoms with Crippen molar-refractivity contribution in [1.82, 2.24) is 9.97 Å². The number of nitriles is 1. The van der Waals surface area contributed by atoms with E-state index in [9.17, 15) is 44.2 Å². The number of hydrogen-bond acceptors (Lipinski definition) is 20. The van der Waals surface area contributed by atoms with Crippen molar-refractivity contribution in [2.45, 2.75) is 26.5 Å². The van der Waals surface area contributed by atoms with Crippen molar-refractivity contribution in [2.24, 2.45) is 20.5 Å². The number of thiazole rings is 1. The molecule has 0 saturated heterocycles. The molecule has 26 heteroatoms. The van der Waals surface area contributed by atoms with Gasteiger partial charge in [0.1, 0.15) is 22.3 Å². The van der Waals surface area contributed by atoms with Crippen LogP contribution >= 0.6 is 23.4 Å². The fourth-order valence-corrected chi connectivity index (χ4v) is 9.60. The standard InChI is InChI=1S/C42H29N9O12S5/c1-23-34(22-43)39(44-27-11-15-30(16-12-27)66(53,54)55)47-40(45-28-13-17-31(18-14-28)67(56,57)58)37(23)49-51-42-46-38(26-10-9-24-5-2-3-6-25(24)19-26)41(64-42)50-48-29-20-33-32(35(21-29)65-63-62-52)7-4-8-36(33)68(59,60)61/h2-21,52H,1H3,(H2,44,45,47)(H,53,54,55)(H,56,57,58)(H,59,60,61)/b50-48+,51-49+. The lowest BCUT2D eigenvalue weighted by Crippen LogP contribution is -2.05. The van der Waals surface area contributed by atoms with Crippen LogP contribution in [0.25, 0.3) is 32.8 Å². The number of aromatic nitrogens is 2. The molecule has 6 N–H and O–H groups in total. The average Bonchev–Trinajstić information content (AvgIpc) is 3.72. The summed E-state index contributed by atoms with van der Waals surface area (Å²) in [5.41, 5.74) is 1.85. The molecule has 8 rings (SSSR count). The van der Waals surface area contributed by atoms with Crippen LogP contribution in [0.3, 0.4) is 0 Å². The molecule has 0 aliphatic carbocycles. The third kappa shape index (κ3) is 10.5. The number of fused-ring (bicyclic) bond motifs is 2. The van der Waals surface area contributed by atoms with Gasteiger partial charge in [-0.2, -0.15) is 30.5 Å². The summed E-state index contributed by atoms with van der Waals surface area (Å²) >= 11 is 1.49. The van der Waals surface area contributed by atoms with Gasteiger partial charge in [0.05, 0.1) is 33.1 Å². The molecule has 0 bridgehead atoms. The second kappa shape index (κ2) is 19.2. The highest BCUT2D eigenvalue weighted by molar-refractivity contribution is 7.94. The van der Waals surface area contributed by atoms with Crippen LogP contribution in [-0.4, -0.2) is 54.1 Å². The van der Waals surface area contributed by atoms with E-state index < -0.39 is 35.2 Å². The van der Waals surface area contributed by atoms with Gasteiger partial charge in [-0.3, -0.25) is 13.7 Å². The Labute approximate surface area is 393 Å². The molecule has 0 spiro atoms. The Hall–Kier alpha value is -7.13. The maximum Gasteiger partial charge on any atom is 0.295 e. The van der Waals surface area contributed by atoms with E-state index in [-0.39, 0.29) is 75.7 Å². The molecule has 2 heterocycles. The van der Waals surface area contributed by atoms with Crippen LogP contribution in [0.15, 0.2) is 161 Å². The highest BCUT2D eigenvalue weighted by Gasteiger charge is 2.22. The van der Waals surface area contributed by atoms with E-state index in [1.54, 1.807) is 13.0 Å². The number of benzene rings is 6. The van der Waals surface area contributed by atoms with Crippen molar-refractivity contribution in [3.05, 3.63) is 132 Å². The minimum absolute atomic E-state index is 0.00190. The summed E-state index contributed by atoms with van der Waals surface area (Å²) < 4.78 is 105. The third-order valence-corrected chi connectivity index (χ3v) is 13.9. The molecule has 0 aliphatic heterocycles. The number of nitrogens with one attached hydrogen (secondary N) is 2. The second-order valence-electron chi connectivity index (χ2n) is 14.1. The van der Waals surface area contributed by atoms with Crippen LogP contribution in [-0.2, 0) is 39.7 Å². The first-order valence-corrected chi connectivity index (χ1v) is 24.9. The van der Waals surface area contributed by atoms with Crippen LogP contribution in [0, 0.1) is 18.3 Å². The second-order valence-corrected chi connectivity index (χ2v) is 20.1. The minimum Gasteiger partial charge on any atom is -0.339 e. The topological polar surface area (TPSA) is 325 Å². The first-order chi connectivity index (χ1) is 32.4. The molecule has 0 fully saturated rings. The highest BCUT2D eigenvalue weighted by atomic mass is 32.2. The molecule has 0 atom stereocenters. The van der Waals surface area contributed by atoms with Crippen molar-refractivity contribution in [3.63, 3.8) is 0 Å². The number of pyridine rings is 1. The molecule has 0 amide bonds. The van der Waals surface area contributed by atoms with Gasteiger partial charge in [0.25, 0.3) is 30.4 Å². The molecule has 0 saturated carbocycles. The maximum absolute atomic E-state index is 12.4. The Morgan fingerprint density at radius 2 is 1.32 bits per heavy atom.